The Balaban J connectivity index is 1.98. The lowest BCUT2D eigenvalue weighted by molar-refractivity contribution is -0.119. The molecule has 5 nitrogen and oxygen atoms in total. The number of amides is 1. The van der Waals surface area contributed by atoms with Gasteiger partial charge >= 0.3 is 0 Å². The number of benzene rings is 2. The summed E-state index contributed by atoms with van der Waals surface area (Å²) < 4.78 is 31.7. The highest BCUT2D eigenvalue weighted by Crippen LogP contribution is 2.18. The quantitative estimate of drug-likeness (QED) is 0.815. The zero-order valence-corrected chi connectivity index (χ0v) is 14.7. The van der Waals surface area contributed by atoms with E-state index in [-0.39, 0.29) is 11.3 Å². The van der Waals surface area contributed by atoms with Gasteiger partial charge in [0.25, 0.3) is 10.0 Å². The fraction of sp³-hybridized carbons (Fsp3) is 0.235. The first-order chi connectivity index (χ1) is 11.4. The second-order valence-corrected chi connectivity index (χ2v) is 7.11. The number of carbonyl (C=O) groups excluding carboxylic acids is 1. The van der Waals surface area contributed by atoms with Crippen LogP contribution >= 0.6 is 11.6 Å². The molecule has 0 aliphatic heterocycles. The normalized spacial score (nSPS) is 11.1. The highest BCUT2D eigenvalue weighted by molar-refractivity contribution is 7.90. The van der Waals surface area contributed by atoms with E-state index in [0.29, 0.717) is 23.8 Å². The molecule has 1 amide bonds. The number of hydrogen-bond donors (Lipinski definition) is 1. The fourth-order valence-corrected chi connectivity index (χ4v) is 3.34. The fourth-order valence-electron chi connectivity index (χ4n) is 2.09. The lowest BCUT2D eigenvalue weighted by Crippen LogP contribution is -2.30. The zero-order chi connectivity index (χ0) is 17.6. The van der Waals surface area contributed by atoms with Gasteiger partial charge in [-0.3, -0.25) is 4.79 Å². The summed E-state index contributed by atoms with van der Waals surface area (Å²) in [5.74, 6) is -0.00898. The molecule has 0 fully saturated rings. The van der Waals surface area contributed by atoms with E-state index in [0.717, 1.165) is 5.56 Å². The Kier molecular flexibility index (Phi) is 6.23. The molecular formula is C17H18ClNO4S. The molecule has 1 N–H and O–H groups in total. The Hall–Kier alpha value is -2.05. The van der Waals surface area contributed by atoms with Gasteiger partial charge in [0.2, 0.25) is 5.91 Å². The van der Waals surface area contributed by atoms with Crippen LogP contribution in [0.15, 0.2) is 53.4 Å². The summed E-state index contributed by atoms with van der Waals surface area (Å²) in [6.07, 6.45) is 0.393. The van der Waals surface area contributed by atoms with Gasteiger partial charge in [-0.2, -0.15) is 0 Å². The van der Waals surface area contributed by atoms with Crippen molar-refractivity contribution < 1.29 is 17.9 Å². The van der Waals surface area contributed by atoms with Crippen molar-refractivity contribution in [1.29, 1.82) is 0 Å². The summed E-state index contributed by atoms with van der Waals surface area (Å²) in [4.78, 5) is 11.9. The van der Waals surface area contributed by atoms with Crippen LogP contribution in [0, 0.1) is 0 Å². The van der Waals surface area contributed by atoms with Gasteiger partial charge in [-0.1, -0.05) is 29.8 Å². The van der Waals surface area contributed by atoms with E-state index in [9.17, 15) is 13.2 Å². The average molecular weight is 368 g/mol. The summed E-state index contributed by atoms with van der Waals surface area (Å²) >= 11 is 6.02. The predicted molar refractivity (Wildman–Crippen MR) is 92.7 cm³/mol. The summed E-state index contributed by atoms with van der Waals surface area (Å²) in [7, 11) is -3.89. The molecular weight excluding hydrogens is 350 g/mol. The van der Waals surface area contributed by atoms with Crippen LogP contribution in [0.1, 0.15) is 18.9 Å². The van der Waals surface area contributed by atoms with Crippen molar-refractivity contribution in [3.05, 3.63) is 59.1 Å². The van der Waals surface area contributed by atoms with E-state index in [1.807, 2.05) is 13.0 Å². The van der Waals surface area contributed by atoms with Gasteiger partial charge in [-0.15, -0.1) is 0 Å². The van der Waals surface area contributed by atoms with E-state index in [1.54, 1.807) is 30.3 Å². The van der Waals surface area contributed by atoms with Crippen LogP contribution in [0.5, 0.6) is 5.75 Å². The van der Waals surface area contributed by atoms with E-state index in [2.05, 4.69) is 4.72 Å². The number of ether oxygens (including phenoxy) is 1. The Morgan fingerprint density at radius 2 is 1.79 bits per heavy atom. The molecule has 0 aromatic heterocycles. The first kappa shape index (κ1) is 18.3. The van der Waals surface area contributed by atoms with E-state index < -0.39 is 15.9 Å². The topological polar surface area (TPSA) is 72.5 Å². The van der Waals surface area contributed by atoms with Crippen LogP contribution in [0.2, 0.25) is 5.02 Å². The van der Waals surface area contributed by atoms with Crippen molar-refractivity contribution in [3.63, 3.8) is 0 Å². The van der Waals surface area contributed by atoms with Crippen LogP contribution in [-0.4, -0.2) is 20.9 Å². The van der Waals surface area contributed by atoms with Crippen LogP contribution in [0.25, 0.3) is 0 Å². The van der Waals surface area contributed by atoms with Gasteiger partial charge in [0.05, 0.1) is 11.5 Å². The van der Waals surface area contributed by atoms with Gasteiger partial charge in [0.1, 0.15) is 5.75 Å². The first-order valence-electron chi connectivity index (χ1n) is 7.44. The van der Waals surface area contributed by atoms with E-state index >= 15 is 0 Å². The molecule has 0 atom stereocenters. The number of nitrogens with one attached hydrogen (secondary N) is 1. The van der Waals surface area contributed by atoms with Crippen LogP contribution < -0.4 is 9.46 Å². The molecule has 7 heteroatoms. The summed E-state index contributed by atoms with van der Waals surface area (Å²) in [6, 6.07) is 13.0. The molecule has 0 saturated carbocycles. The monoisotopic (exact) mass is 367 g/mol. The van der Waals surface area contributed by atoms with Crippen molar-refractivity contribution in [2.75, 3.05) is 6.61 Å². The molecule has 0 heterocycles. The average Bonchev–Trinajstić information content (AvgIpc) is 2.54. The number of aryl methyl sites for hydroxylation is 1. The predicted octanol–water partition coefficient (Wildman–Crippen LogP) is 3.18. The highest BCUT2D eigenvalue weighted by Gasteiger charge is 2.17. The molecule has 24 heavy (non-hydrogen) atoms. The van der Waals surface area contributed by atoms with Gasteiger partial charge in [-0.25, -0.2) is 13.1 Å². The third-order valence-corrected chi connectivity index (χ3v) is 5.03. The maximum absolute atomic E-state index is 12.2. The van der Waals surface area contributed by atoms with Crippen LogP contribution in [0.4, 0.5) is 0 Å². The maximum atomic E-state index is 12.2. The van der Waals surface area contributed by atoms with Gasteiger partial charge in [-0.05, 0) is 49.2 Å². The Morgan fingerprint density at radius 1 is 1.12 bits per heavy atom. The Morgan fingerprint density at radius 3 is 2.42 bits per heavy atom. The van der Waals surface area contributed by atoms with Gasteiger partial charge in [0, 0.05) is 11.4 Å². The van der Waals surface area contributed by atoms with Gasteiger partial charge < -0.3 is 4.74 Å². The van der Waals surface area contributed by atoms with Crippen molar-refractivity contribution in [2.24, 2.45) is 0 Å². The molecule has 2 rings (SSSR count). The molecule has 0 aliphatic carbocycles. The number of hydrogen-bond acceptors (Lipinski definition) is 4. The number of sulfonamides is 1. The van der Waals surface area contributed by atoms with Crippen LogP contribution in [0.3, 0.4) is 0 Å². The number of carbonyl (C=O) groups is 1. The van der Waals surface area contributed by atoms with Crippen LogP contribution in [-0.2, 0) is 21.2 Å². The lowest BCUT2D eigenvalue weighted by atomic mass is 10.1. The minimum atomic E-state index is -3.89. The molecule has 128 valence electrons. The molecule has 2 aromatic carbocycles. The molecule has 2 aromatic rings. The summed E-state index contributed by atoms with van der Waals surface area (Å²) in [5, 5.41) is 0.555. The Bertz CT molecular complexity index is 804. The molecule has 0 radical (unpaired) electrons. The summed E-state index contributed by atoms with van der Waals surface area (Å²) in [5.41, 5.74) is 0.799. The van der Waals surface area contributed by atoms with Crippen molar-refractivity contribution in [2.45, 2.75) is 24.7 Å². The number of halogens is 1. The number of rotatable bonds is 7. The van der Waals surface area contributed by atoms with Gasteiger partial charge in [0.15, 0.2) is 0 Å². The van der Waals surface area contributed by atoms with Crippen molar-refractivity contribution in [1.82, 2.24) is 4.72 Å². The smallest absolute Gasteiger partial charge is 0.264 e. The second kappa shape index (κ2) is 8.17. The minimum absolute atomic E-state index is 0.0112. The SMILES string of the molecule is CCOc1ccc(S(=O)(=O)NC(=O)CCc2ccccc2Cl)cc1. The molecule has 0 spiro atoms. The summed E-state index contributed by atoms with van der Waals surface area (Å²) in [6.45, 7) is 2.33. The molecule has 0 bridgehead atoms. The Labute approximate surface area is 146 Å². The van der Waals surface area contributed by atoms with E-state index in [1.165, 1.54) is 12.1 Å². The van der Waals surface area contributed by atoms with E-state index in [4.69, 9.17) is 16.3 Å². The third kappa shape index (κ3) is 4.97. The van der Waals surface area contributed by atoms with Crippen molar-refractivity contribution >= 4 is 27.5 Å². The molecule has 0 saturated heterocycles. The van der Waals surface area contributed by atoms with Crippen molar-refractivity contribution in [3.8, 4) is 5.75 Å². The lowest BCUT2D eigenvalue weighted by Gasteiger charge is -2.09. The first-order valence-corrected chi connectivity index (χ1v) is 9.30. The third-order valence-electron chi connectivity index (χ3n) is 3.27. The highest BCUT2D eigenvalue weighted by atomic mass is 35.5. The molecule has 0 aliphatic rings. The second-order valence-electron chi connectivity index (χ2n) is 5.02. The largest absolute Gasteiger partial charge is 0.494 e. The maximum Gasteiger partial charge on any atom is 0.264 e. The standard InChI is InChI=1S/C17H18ClNO4S/c1-2-23-14-8-10-15(11-9-14)24(21,22)19-17(20)12-7-13-5-3-4-6-16(13)18/h3-6,8-11H,2,7,12H2,1H3,(H,19,20). The minimum Gasteiger partial charge on any atom is -0.494 e. The zero-order valence-electron chi connectivity index (χ0n) is 13.2. The molecule has 0 unspecified atom stereocenters.